The van der Waals surface area contributed by atoms with Crippen LogP contribution >= 0.6 is 0 Å². The Morgan fingerprint density at radius 1 is 1.16 bits per heavy atom. The molecule has 112 valence electrons. The fourth-order valence-corrected chi connectivity index (χ4v) is 1.98. The maximum Gasteiger partial charge on any atom is 0.317 e. The fraction of sp³-hybridized carbons (Fsp3) is 0.857. The van der Waals surface area contributed by atoms with Crippen LogP contribution in [0.4, 0.5) is 0 Å². The van der Waals surface area contributed by atoms with E-state index in [1.807, 2.05) is 27.7 Å². The summed E-state index contributed by atoms with van der Waals surface area (Å²) in [4.78, 5) is 24.7. The number of carbonyl (C=O) groups excluding carboxylic acids is 1. The first kappa shape index (κ1) is 17.9. The zero-order valence-electron chi connectivity index (χ0n) is 12.8. The Bertz CT molecular complexity index is 288. The van der Waals surface area contributed by atoms with Crippen molar-refractivity contribution in [1.29, 1.82) is 0 Å². The Labute approximate surface area is 116 Å². The molecule has 0 aromatic rings. The van der Waals surface area contributed by atoms with Crippen LogP contribution in [0.2, 0.25) is 0 Å². The van der Waals surface area contributed by atoms with Crippen molar-refractivity contribution in [3.63, 3.8) is 0 Å². The van der Waals surface area contributed by atoms with Crippen molar-refractivity contribution >= 4 is 11.9 Å². The van der Waals surface area contributed by atoms with Crippen molar-refractivity contribution < 1.29 is 14.7 Å². The molecule has 1 atom stereocenters. The zero-order chi connectivity index (χ0) is 15.0. The summed E-state index contributed by atoms with van der Waals surface area (Å²) in [6, 6.07) is -0.250. The van der Waals surface area contributed by atoms with E-state index in [1.54, 1.807) is 11.8 Å². The molecule has 0 heterocycles. The number of hydrogen-bond donors (Lipinski definition) is 2. The topological polar surface area (TPSA) is 69.6 Å². The van der Waals surface area contributed by atoms with E-state index < -0.39 is 12.0 Å². The van der Waals surface area contributed by atoms with Crippen molar-refractivity contribution in [2.45, 2.75) is 59.5 Å². The molecule has 0 saturated carbocycles. The lowest BCUT2D eigenvalue weighted by atomic mass is 10.1. The molecule has 0 saturated heterocycles. The number of amides is 1. The van der Waals surface area contributed by atoms with Crippen LogP contribution in [0.25, 0.3) is 0 Å². The van der Waals surface area contributed by atoms with E-state index >= 15 is 0 Å². The smallest absolute Gasteiger partial charge is 0.317 e. The van der Waals surface area contributed by atoms with E-state index in [-0.39, 0.29) is 18.5 Å². The Balaban J connectivity index is 4.63. The summed E-state index contributed by atoms with van der Waals surface area (Å²) in [5.41, 5.74) is 0. The highest BCUT2D eigenvalue weighted by Crippen LogP contribution is 2.06. The number of carboxylic acid groups (broad SMARTS) is 1. The molecule has 0 fully saturated rings. The van der Waals surface area contributed by atoms with Crippen LogP contribution in [0.5, 0.6) is 0 Å². The molecule has 0 aromatic heterocycles. The highest BCUT2D eigenvalue weighted by molar-refractivity contribution is 5.82. The molecule has 1 unspecified atom stereocenters. The molecular formula is C14H28N2O3. The SMILES string of the molecule is CCC(CC)NC(=O)C(C)N(CC(=O)O)CC(C)C. The van der Waals surface area contributed by atoms with E-state index in [9.17, 15) is 9.59 Å². The van der Waals surface area contributed by atoms with Crippen LogP contribution in [0.15, 0.2) is 0 Å². The van der Waals surface area contributed by atoms with E-state index in [0.29, 0.717) is 12.5 Å². The van der Waals surface area contributed by atoms with E-state index in [2.05, 4.69) is 5.32 Å². The van der Waals surface area contributed by atoms with Gasteiger partial charge >= 0.3 is 5.97 Å². The van der Waals surface area contributed by atoms with Crippen LogP contribution in [-0.2, 0) is 9.59 Å². The fourth-order valence-electron chi connectivity index (χ4n) is 1.98. The van der Waals surface area contributed by atoms with Gasteiger partial charge in [-0.1, -0.05) is 27.7 Å². The molecule has 1 amide bonds. The molecule has 2 N–H and O–H groups in total. The summed E-state index contributed by atoms with van der Waals surface area (Å²) >= 11 is 0. The minimum Gasteiger partial charge on any atom is -0.480 e. The lowest BCUT2D eigenvalue weighted by Crippen LogP contribution is -2.50. The lowest BCUT2D eigenvalue weighted by Gasteiger charge is -2.29. The summed E-state index contributed by atoms with van der Waals surface area (Å²) in [5, 5.41) is 11.9. The van der Waals surface area contributed by atoms with Gasteiger partial charge in [-0.25, -0.2) is 0 Å². The van der Waals surface area contributed by atoms with Gasteiger partial charge in [-0.3, -0.25) is 14.5 Å². The number of hydrogen-bond acceptors (Lipinski definition) is 3. The quantitative estimate of drug-likeness (QED) is 0.670. The number of nitrogens with zero attached hydrogens (tertiary/aromatic N) is 1. The predicted molar refractivity (Wildman–Crippen MR) is 76.0 cm³/mol. The van der Waals surface area contributed by atoms with Crippen molar-refractivity contribution in [3.8, 4) is 0 Å². The van der Waals surface area contributed by atoms with Gasteiger partial charge in [0.2, 0.25) is 5.91 Å². The molecular weight excluding hydrogens is 244 g/mol. The monoisotopic (exact) mass is 272 g/mol. The largest absolute Gasteiger partial charge is 0.480 e. The van der Waals surface area contributed by atoms with Crippen LogP contribution in [0.1, 0.15) is 47.5 Å². The number of nitrogens with one attached hydrogen (secondary N) is 1. The average Bonchev–Trinajstić information content (AvgIpc) is 2.32. The van der Waals surface area contributed by atoms with E-state index in [0.717, 1.165) is 12.8 Å². The zero-order valence-corrected chi connectivity index (χ0v) is 12.8. The number of carbonyl (C=O) groups is 2. The van der Waals surface area contributed by atoms with E-state index in [4.69, 9.17) is 5.11 Å². The molecule has 5 heteroatoms. The second-order valence-corrected chi connectivity index (χ2v) is 5.42. The lowest BCUT2D eigenvalue weighted by molar-refractivity contribution is -0.140. The predicted octanol–water partition coefficient (Wildman–Crippen LogP) is 1.72. The molecule has 0 spiro atoms. The van der Waals surface area contributed by atoms with Gasteiger partial charge in [0.1, 0.15) is 0 Å². The van der Waals surface area contributed by atoms with Crippen LogP contribution in [-0.4, -0.2) is 47.1 Å². The second-order valence-electron chi connectivity index (χ2n) is 5.42. The minimum atomic E-state index is -0.900. The molecule has 0 aliphatic heterocycles. The molecule has 0 bridgehead atoms. The van der Waals surface area contributed by atoms with Crippen molar-refractivity contribution in [3.05, 3.63) is 0 Å². The molecule has 19 heavy (non-hydrogen) atoms. The first-order valence-corrected chi connectivity index (χ1v) is 7.07. The minimum absolute atomic E-state index is 0.0874. The summed E-state index contributed by atoms with van der Waals surface area (Å²) in [7, 11) is 0. The summed E-state index contributed by atoms with van der Waals surface area (Å²) in [5.74, 6) is -0.666. The van der Waals surface area contributed by atoms with Gasteiger partial charge in [0, 0.05) is 12.6 Å². The third kappa shape index (κ3) is 7.15. The number of aliphatic carboxylic acids is 1. The third-order valence-electron chi connectivity index (χ3n) is 3.20. The summed E-state index contributed by atoms with van der Waals surface area (Å²) < 4.78 is 0. The maximum absolute atomic E-state index is 12.1. The Kier molecular flexibility index (Phi) is 8.39. The first-order valence-electron chi connectivity index (χ1n) is 7.07. The molecule has 0 radical (unpaired) electrons. The van der Waals surface area contributed by atoms with Crippen LogP contribution in [0, 0.1) is 5.92 Å². The van der Waals surface area contributed by atoms with E-state index in [1.165, 1.54) is 0 Å². The van der Waals surface area contributed by atoms with Crippen molar-refractivity contribution in [2.75, 3.05) is 13.1 Å². The van der Waals surface area contributed by atoms with Crippen molar-refractivity contribution in [2.24, 2.45) is 5.92 Å². The molecule has 0 aliphatic rings. The van der Waals surface area contributed by atoms with Crippen LogP contribution < -0.4 is 5.32 Å². The average molecular weight is 272 g/mol. The molecule has 0 rings (SSSR count). The Hall–Kier alpha value is -1.10. The summed E-state index contributed by atoms with van der Waals surface area (Å²) in [6.45, 7) is 10.4. The third-order valence-corrected chi connectivity index (χ3v) is 3.20. The maximum atomic E-state index is 12.1. The van der Waals surface area contributed by atoms with Gasteiger partial charge in [0.25, 0.3) is 0 Å². The van der Waals surface area contributed by atoms with Crippen molar-refractivity contribution in [1.82, 2.24) is 10.2 Å². The van der Waals surface area contributed by atoms with Gasteiger partial charge in [-0.05, 0) is 25.7 Å². The van der Waals surface area contributed by atoms with Gasteiger partial charge in [0.05, 0.1) is 12.6 Å². The van der Waals surface area contributed by atoms with Gasteiger partial charge in [-0.2, -0.15) is 0 Å². The summed E-state index contributed by atoms with van der Waals surface area (Å²) in [6.07, 6.45) is 1.77. The van der Waals surface area contributed by atoms with Gasteiger partial charge in [-0.15, -0.1) is 0 Å². The Morgan fingerprint density at radius 2 is 1.68 bits per heavy atom. The molecule has 0 aromatic carbocycles. The highest BCUT2D eigenvalue weighted by Gasteiger charge is 2.24. The molecule has 5 nitrogen and oxygen atoms in total. The first-order chi connectivity index (χ1) is 8.81. The van der Waals surface area contributed by atoms with Gasteiger partial charge in [0.15, 0.2) is 0 Å². The normalized spacial score (nSPS) is 13.1. The standard InChI is InChI=1S/C14H28N2O3/c1-6-12(7-2)15-14(19)11(5)16(8-10(3)4)9-13(17)18/h10-12H,6-9H2,1-5H3,(H,15,19)(H,17,18). The highest BCUT2D eigenvalue weighted by atomic mass is 16.4. The molecule has 0 aliphatic carbocycles. The number of rotatable bonds is 9. The number of carboxylic acids is 1. The van der Waals surface area contributed by atoms with Crippen LogP contribution in [0.3, 0.4) is 0 Å². The second kappa shape index (κ2) is 8.91. The Morgan fingerprint density at radius 3 is 2.05 bits per heavy atom. The van der Waals surface area contributed by atoms with Gasteiger partial charge < -0.3 is 10.4 Å².